The Morgan fingerprint density at radius 1 is 1.16 bits per heavy atom. The van der Waals surface area contributed by atoms with Crippen LogP contribution in [0.2, 0.25) is 0 Å². The van der Waals surface area contributed by atoms with Gasteiger partial charge in [-0.15, -0.1) is 0 Å². The van der Waals surface area contributed by atoms with E-state index in [1.54, 1.807) is 0 Å². The first kappa shape index (κ1) is 15.3. The van der Waals surface area contributed by atoms with Gasteiger partial charge in [0.1, 0.15) is 0 Å². The highest BCUT2D eigenvalue weighted by molar-refractivity contribution is 4.86. The SMILES string of the molecule is CC(C)CNCC1(CCC2CCCO2)CCCCC1. The first-order valence-electron chi connectivity index (χ1n) is 8.53. The number of rotatable bonds is 7. The number of hydrogen-bond acceptors (Lipinski definition) is 2. The summed E-state index contributed by atoms with van der Waals surface area (Å²) in [6.45, 7) is 8.00. The third-order valence-corrected chi connectivity index (χ3v) is 4.99. The van der Waals surface area contributed by atoms with E-state index in [1.807, 2.05) is 0 Å². The van der Waals surface area contributed by atoms with Gasteiger partial charge in [0.2, 0.25) is 0 Å². The summed E-state index contributed by atoms with van der Waals surface area (Å²) in [6, 6.07) is 0. The van der Waals surface area contributed by atoms with Gasteiger partial charge in [-0.1, -0.05) is 33.1 Å². The minimum Gasteiger partial charge on any atom is -0.378 e. The summed E-state index contributed by atoms with van der Waals surface area (Å²) in [5.41, 5.74) is 0.582. The zero-order valence-corrected chi connectivity index (χ0v) is 13.0. The predicted molar refractivity (Wildman–Crippen MR) is 81.4 cm³/mol. The lowest BCUT2D eigenvalue weighted by atomic mass is 9.70. The Hall–Kier alpha value is -0.0800. The van der Waals surface area contributed by atoms with Crippen LogP contribution in [0, 0.1) is 11.3 Å². The third-order valence-electron chi connectivity index (χ3n) is 4.99. The third kappa shape index (κ3) is 5.07. The van der Waals surface area contributed by atoms with Crippen LogP contribution in [0.15, 0.2) is 0 Å². The molecule has 0 bridgehead atoms. The molecular weight excluding hydrogens is 234 g/mol. The van der Waals surface area contributed by atoms with Crippen molar-refractivity contribution in [1.29, 1.82) is 0 Å². The maximum atomic E-state index is 5.81. The van der Waals surface area contributed by atoms with Crippen LogP contribution >= 0.6 is 0 Å². The Morgan fingerprint density at radius 2 is 1.95 bits per heavy atom. The molecule has 1 heterocycles. The van der Waals surface area contributed by atoms with E-state index in [1.165, 1.54) is 70.9 Å². The van der Waals surface area contributed by atoms with Crippen molar-refractivity contribution in [2.24, 2.45) is 11.3 Å². The first-order chi connectivity index (χ1) is 9.20. The molecule has 0 aromatic heterocycles. The van der Waals surface area contributed by atoms with Crippen LogP contribution < -0.4 is 5.32 Å². The molecule has 1 saturated carbocycles. The molecule has 2 aliphatic rings. The van der Waals surface area contributed by atoms with E-state index in [9.17, 15) is 0 Å². The van der Waals surface area contributed by atoms with Gasteiger partial charge in [0.05, 0.1) is 6.10 Å². The Balaban J connectivity index is 1.78. The van der Waals surface area contributed by atoms with Crippen LogP contribution in [0.1, 0.15) is 71.6 Å². The van der Waals surface area contributed by atoms with Crippen molar-refractivity contribution in [2.45, 2.75) is 77.7 Å². The van der Waals surface area contributed by atoms with Gasteiger partial charge < -0.3 is 10.1 Å². The van der Waals surface area contributed by atoms with Gasteiger partial charge in [-0.3, -0.25) is 0 Å². The molecule has 2 nitrogen and oxygen atoms in total. The fourth-order valence-electron chi connectivity index (χ4n) is 3.78. The summed E-state index contributed by atoms with van der Waals surface area (Å²) < 4.78 is 5.81. The summed E-state index contributed by atoms with van der Waals surface area (Å²) in [6.07, 6.45) is 13.0. The maximum Gasteiger partial charge on any atom is 0.0576 e. The molecule has 2 fully saturated rings. The molecule has 0 aromatic rings. The highest BCUT2D eigenvalue weighted by Crippen LogP contribution is 2.40. The van der Waals surface area contributed by atoms with Crippen molar-refractivity contribution in [2.75, 3.05) is 19.7 Å². The van der Waals surface area contributed by atoms with E-state index < -0.39 is 0 Å². The normalized spacial score (nSPS) is 27.0. The van der Waals surface area contributed by atoms with E-state index in [2.05, 4.69) is 19.2 Å². The van der Waals surface area contributed by atoms with Crippen molar-refractivity contribution in [3.8, 4) is 0 Å². The summed E-state index contributed by atoms with van der Waals surface area (Å²) in [5, 5.41) is 3.73. The molecule has 0 spiro atoms. The van der Waals surface area contributed by atoms with Gasteiger partial charge in [0, 0.05) is 13.2 Å². The highest BCUT2D eigenvalue weighted by atomic mass is 16.5. The van der Waals surface area contributed by atoms with Gasteiger partial charge in [-0.25, -0.2) is 0 Å². The van der Waals surface area contributed by atoms with Crippen LogP contribution in [0.3, 0.4) is 0 Å². The smallest absolute Gasteiger partial charge is 0.0576 e. The van der Waals surface area contributed by atoms with E-state index in [0.717, 1.165) is 12.5 Å². The van der Waals surface area contributed by atoms with Crippen molar-refractivity contribution in [3.63, 3.8) is 0 Å². The Bertz CT molecular complexity index is 240. The van der Waals surface area contributed by atoms with Crippen LogP contribution in [0.4, 0.5) is 0 Å². The quantitative estimate of drug-likeness (QED) is 0.748. The van der Waals surface area contributed by atoms with E-state index in [-0.39, 0.29) is 0 Å². The maximum absolute atomic E-state index is 5.81. The molecule has 1 atom stereocenters. The minimum absolute atomic E-state index is 0.573. The van der Waals surface area contributed by atoms with E-state index in [0.29, 0.717) is 11.5 Å². The van der Waals surface area contributed by atoms with Crippen molar-refractivity contribution < 1.29 is 4.74 Å². The lowest BCUT2D eigenvalue weighted by Gasteiger charge is -2.38. The average molecular weight is 267 g/mol. The van der Waals surface area contributed by atoms with Crippen molar-refractivity contribution >= 4 is 0 Å². The van der Waals surface area contributed by atoms with Gasteiger partial charge in [-0.05, 0) is 56.4 Å². The standard InChI is InChI=1S/C17H33NO/c1-15(2)13-18-14-17(9-4-3-5-10-17)11-8-16-7-6-12-19-16/h15-16,18H,3-14H2,1-2H3. The number of hydrogen-bond donors (Lipinski definition) is 1. The Labute approximate surface area is 119 Å². The molecule has 1 aliphatic carbocycles. The van der Waals surface area contributed by atoms with Gasteiger partial charge in [-0.2, -0.15) is 0 Å². The second kappa shape index (κ2) is 7.64. The zero-order chi connectivity index (χ0) is 13.6. The molecule has 112 valence electrons. The molecule has 1 saturated heterocycles. The monoisotopic (exact) mass is 267 g/mol. The largest absolute Gasteiger partial charge is 0.378 e. The summed E-state index contributed by atoms with van der Waals surface area (Å²) >= 11 is 0. The zero-order valence-electron chi connectivity index (χ0n) is 13.0. The summed E-state index contributed by atoms with van der Waals surface area (Å²) in [7, 11) is 0. The lowest BCUT2D eigenvalue weighted by molar-refractivity contribution is 0.0759. The predicted octanol–water partition coefficient (Wildman–Crippen LogP) is 4.14. The van der Waals surface area contributed by atoms with E-state index in [4.69, 9.17) is 4.74 Å². The lowest BCUT2D eigenvalue weighted by Crippen LogP contribution is -2.38. The fourth-order valence-corrected chi connectivity index (χ4v) is 3.78. The van der Waals surface area contributed by atoms with Crippen LogP contribution in [-0.4, -0.2) is 25.8 Å². The molecule has 0 radical (unpaired) electrons. The number of nitrogens with one attached hydrogen (secondary N) is 1. The Morgan fingerprint density at radius 3 is 2.58 bits per heavy atom. The highest BCUT2D eigenvalue weighted by Gasteiger charge is 2.32. The van der Waals surface area contributed by atoms with Gasteiger partial charge in [0.15, 0.2) is 0 Å². The van der Waals surface area contributed by atoms with E-state index >= 15 is 0 Å². The molecule has 0 aromatic carbocycles. The van der Waals surface area contributed by atoms with Gasteiger partial charge >= 0.3 is 0 Å². The molecule has 1 unspecified atom stereocenters. The fraction of sp³-hybridized carbons (Fsp3) is 1.00. The average Bonchev–Trinajstić information content (AvgIpc) is 2.90. The summed E-state index contributed by atoms with van der Waals surface area (Å²) in [5.74, 6) is 0.763. The second-order valence-corrected chi connectivity index (χ2v) is 7.26. The van der Waals surface area contributed by atoms with Crippen LogP contribution in [0.5, 0.6) is 0 Å². The van der Waals surface area contributed by atoms with Crippen LogP contribution in [-0.2, 0) is 4.74 Å². The summed E-state index contributed by atoms with van der Waals surface area (Å²) in [4.78, 5) is 0. The number of ether oxygens (including phenoxy) is 1. The van der Waals surface area contributed by atoms with Crippen molar-refractivity contribution in [3.05, 3.63) is 0 Å². The second-order valence-electron chi connectivity index (χ2n) is 7.26. The van der Waals surface area contributed by atoms with Crippen molar-refractivity contribution in [1.82, 2.24) is 5.32 Å². The minimum atomic E-state index is 0.573. The Kier molecular flexibility index (Phi) is 6.15. The molecule has 2 rings (SSSR count). The molecular formula is C17H33NO. The van der Waals surface area contributed by atoms with Gasteiger partial charge in [0.25, 0.3) is 0 Å². The van der Waals surface area contributed by atoms with Crippen LogP contribution in [0.25, 0.3) is 0 Å². The molecule has 2 heteroatoms. The molecule has 1 aliphatic heterocycles. The topological polar surface area (TPSA) is 21.3 Å². The molecule has 0 amide bonds. The molecule has 1 N–H and O–H groups in total. The first-order valence-corrected chi connectivity index (χ1v) is 8.53. The molecule has 19 heavy (non-hydrogen) atoms.